The van der Waals surface area contributed by atoms with Crippen molar-refractivity contribution in [3.63, 3.8) is 0 Å². The summed E-state index contributed by atoms with van der Waals surface area (Å²) in [5, 5.41) is 18.9. The van der Waals surface area contributed by atoms with Gasteiger partial charge in [-0.3, -0.25) is 0 Å². The fourth-order valence-corrected chi connectivity index (χ4v) is 1.82. The van der Waals surface area contributed by atoms with Gasteiger partial charge in [-0.25, -0.2) is 14.4 Å². The van der Waals surface area contributed by atoms with Gasteiger partial charge in [0.05, 0.1) is 5.52 Å². The monoisotopic (exact) mass is 245 g/mol. The molecule has 0 saturated carbocycles. The van der Waals surface area contributed by atoms with Gasteiger partial charge in [-0.15, -0.1) is 0 Å². The fourth-order valence-electron chi connectivity index (χ4n) is 1.82. The lowest BCUT2D eigenvalue weighted by Crippen LogP contribution is -1.94. The first-order chi connectivity index (χ1) is 8.66. The minimum atomic E-state index is -0.731. The van der Waals surface area contributed by atoms with Gasteiger partial charge in [0.2, 0.25) is 5.88 Å². The van der Waals surface area contributed by atoms with E-state index in [1.807, 2.05) is 0 Å². The van der Waals surface area contributed by atoms with E-state index in [1.165, 1.54) is 24.5 Å². The molecular weight excluding hydrogens is 237 g/mol. The minimum Gasteiger partial charge on any atom is -0.505 e. The molecule has 0 aliphatic carbocycles. The molecule has 0 aliphatic rings. The molecule has 6 heteroatoms. The van der Waals surface area contributed by atoms with Crippen molar-refractivity contribution >= 4 is 11.0 Å². The zero-order valence-corrected chi connectivity index (χ0v) is 9.08. The molecule has 3 aromatic rings. The molecule has 0 atom stereocenters. The number of phenols is 1. The third kappa shape index (κ3) is 1.46. The van der Waals surface area contributed by atoms with Crippen LogP contribution in [0.1, 0.15) is 0 Å². The van der Waals surface area contributed by atoms with E-state index in [0.717, 1.165) is 0 Å². The van der Waals surface area contributed by atoms with Gasteiger partial charge in [0.15, 0.2) is 11.6 Å². The molecule has 0 aliphatic heterocycles. The van der Waals surface area contributed by atoms with Crippen LogP contribution in [0.5, 0.6) is 11.6 Å². The summed E-state index contributed by atoms with van der Waals surface area (Å²) in [4.78, 5) is 7.68. The predicted octanol–water partition coefficient (Wildman–Crippen LogP) is 1.97. The van der Waals surface area contributed by atoms with Gasteiger partial charge >= 0.3 is 0 Å². The topological polar surface area (TPSA) is 71.2 Å². The zero-order chi connectivity index (χ0) is 12.7. The van der Waals surface area contributed by atoms with Gasteiger partial charge < -0.3 is 14.8 Å². The normalized spacial score (nSPS) is 10.9. The molecule has 18 heavy (non-hydrogen) atoms. The summed E-state index contributed by atoms with van der Waals surface area (Å²) in [5.41, 5.74) is 1.41. The van der Waals surface area contributed by atoms with Crippen molar-refractivity contribution in [2.75, 3.05) is 0 Å². The molecule has 2 N–H and O–H groups in total. The van der Waals surface area contributed by atoms with Crippen LogP contribution in [0.4, 0.5) is 4.39 Å². The molecule has 5 nitrogen and oxygen atoms in total. The van der Waals surface area contributed by atoms with E-state index in [9.17, 15) is 9.50 Å². The summed E-state index contributed by atoms with van der Waals surface area (Å²) < 4.78 is 14.9. The predicted molar refractivity (Wildman–Crippen MR) is 62.2 cm³/mol. The van der Waals surface area contributed by atoms with Crippen LogP contribution < -0.4 is 0 Å². The molecule has 0 amide bonds. The number of halogens is 1. The van der Waals surface area contributed by atoms with Gasteiger partial charge in [-0.1, -0.05) is 0 Å². The first-order valence-corrected chi connectivity index (χ1v) is 5.17. The minimum absolute atomic E-state index is 0.182. The van der Waals surface area contributed by atoms with E-state index in [1.54, 1.807) is 16.8 Å². The highest BCUT2D eigenvalue weighted by Gasteiger charge is 2.11. The second-order valence-corrected chi connectivity index (χ2v) is 3.75. The summed E-state index contributed by atoms with van der Waals surface area (Å²) in [6, 6.07) is 5.63. The first-order valence-electron chi connectivity index (χ1n) is 5.17. The second-order valence-electron chi connectivity index (χ2n) is 3.75. The Kier molecular flexibility index (Phi) is 2.16. The Morgan fingerprint density at radius 1 is 1.11 bits per heavy atom. The molecule has 3 rings (SSSR count). The maximum Gasteiger partial charge on any atom is 0.239 e. The van der Waals surface area contributed by atoms with E-state index < -0.39 is 11.6 Å². The highest BCUT2D eigenvalue weighted by Crippen LogP contribution is 2.26. The van der Waals surface area contributed by atoms with Crippen molar-refractivity contribution in [3.05, 3.63) is 42.6 Å². The van der Waals surface area contributed by atoms with E-state index in [-0.39, 0.29) is 5.88 Å². The standard InChI is InChI=1S/C12H8FN3O2/c13-8-5-7(1-2-10(8)17)16-4-3-9-11(16)12(18)15-6-14-9/h1-6,17H,(H,14,15,18). The third-order valence-electron chi connectivity index (χ3n) is 2.66. The number of hydrogen-bond donors (Lipinski definition) is 2. The van der Waals surface area contributed by atoms with Crippen LogP contribution in [-0.4, -0.2) is 24.7 Å². The van der Waals surface area contributed by atoms with Gasteiger partial charge in [0, 0.05) is 18.0 Å². The summed E-state index contributed by atoms with van der Waals surface area (Å²) in [6.07, 6.45) is 2.89. The Morgan fingerprint density at radius 2 is 1.94 bits per heavy atom. The Morgan fingerprint density at radius 3 is 2.72 bits per heavy atom. The van der Waals surface area contributed by atoms with Crippen LogP contribution in [0, 0.1) is 5.82 Å². The average Bonchev–Trinajstić information content (AvgIpc) is 2.78. The van der Waals surface area contributed by atoms with Gasteiger partial charge in [-0.2, -0.15) is 0 Å². The number of hydrogen-bond acceptors (Lipinski definition) is 4. The first kappa shape index (κ1) is 10.5. The van der Waals surface area contributed by atoms with Crippen LogP contribution >= 0.6 is 0 Å². The number of aromatic hydroxyl groups is 2. The second kappa shape index (κ2) is 3.69. The average molecular weight is 245 g/mol. The van der Waals surface area contributed by atoms with Gasteiger partial charge in [0.1, 0.15) is 11.8 Å². The zero-order valence-electron chi connectivity index (χ0n) is 9.08. The Balaban J connectivity index is 2.28. The molecule has 0 fully saturated rings. The fraction of sp³-hybridized carbons (Fsp3) is 0. The number of fused-ring (bicyclic) bond motifs is 1. The quantitative estimate of drug-likeness (QED) is 0.687. The van der Waals surface area contributed by atoms with Gasteiger partial charge in [-0.05, 0) is 18.2 Å². The smallest absolute Gasteiger partial charge is 0.239 e. The summed E-state index contributed by atoms with van der Waals surface area (Å²) in [5.74, 6) is -1.33. The molecular formula is C12H8FN3O2. The van der Waals surface area contributed by atoms with E-state index in [2.05, 4.69) is 9.97 Å². The number of phenolic OH excluding ortho intramolecular Hbond substituents is 1. The van der Waals surface area contributed by atoms with Crippen LogP contribution in [0.2, 0.25) is 0 Å². The molecule has 2 heterocycles. The third-order valence-corrected chi connectivity index (χ3v) is 2.66. The largest absolute Gasteiger partial charge is 0.505 e. The Bertz CT molecular complexity index is 739. The lowest BCUT2D eigenvalue weighted by Gasteiger charge is -2.06. The summed E-state index contributed by atoms with van der Waals surface area (Å²) >= 11 is 0. The van der Waals surface area contributed by atoms with Crippen molar-refractivity contribution in [1.82, 2.24) is 14.5 Å². The van der Waals surface area contributed by atoms with Crippen molar-refractivity contribution in [1.29, 1.82) is 0 Å². The molecule has 0 saturated heterocycles. The summed E-state index contributed by atoms with van der Waals surface area (Å²) in [6.45, 7) is 0. The van der Waals surface area contributed by atoms with E-state index in [0.29, 0.717) is 16.7 Å². The maximum absolute atomic E-state index is 13.3. The van der Waals surface area contributed by atoms with Crippen LogP contribution in [-0.2, 0) is 0 Å². The van der Waals surface area contributed by atoms with Gasteiger partial charge in [0.25, 0.3) is 0 Å². The number of nitrogens with zero attached hydrogens (tertiary/aromatic N) is 3. The van der Waals surface area contributed by atoms with E-state index in [4.69, 9.17) is 5.11 Å². The lowest BCUT2D eigenvalue weighted by atomic mass is 10.3. The Labute approximate surface area is 101 Å². The summed E-state index contributed by atoms with van der Waals surface area (Å²) in [7, 11) is 0. The highest BCUT2D eigenvalue weighted by molar-refractivity contribution is 5.82. The van der Waals surface area contributed by atoms with Crippen molar-refractivity contribution in [3.8, 4) is 17.3 Å². The molecule has 0 spiro atoms. The Hall–Kier alpha value is -2.63. The van der Waals surface area contributed by atoms with Crippen LogP contribution in [0.25, 0.3) is 16.7 Å². The molecule has 0 bridgehead atoms. The highest BCUT2D eigenvalue weighted by atomic mass is 19.1. The molecule has 0 unspecified atom stereocenters. The lowest BCUT2D eigenvalue weighted by molar-refractivity contribution is 0.432. The molecule has 0 radical (unpaired) electrons. The van der Waals surface area contributed by atoms with Crippen molar-refractivity contribution in [2.24, 2.45) is 0 Å². The number of benzene rings is 1. The maximum atomic E-state index is 13.3. The van der Waals surface area contributed by atoms with Crippen LogP contribution in [0.15, 0.2) is 36.8 Å². The molecule has 1 aromatic carbocycles. The van der Waals surface area contributed by atoms with Crippen LogP contribution in [0.3, 0.4) is 0 Å². The molecule has 90 valence electrons. The van der Waals surface area contributed by atoms with E-state index >= 15 is 0 Å². The SMILES string of the molecule is Oc1ccc(-n2ccc3ncnc(O)c32)cc1F. The molecule has 2 aromatic heterocycles. The van der Waals surface area contributed by atoms with Crippen molar-refractivity contribution in [2.45, 2.75) is 0 Å². The number of aromatic nitrogens is 3. The number of rotatable bonds is 1. The van der Waals surface area contributed by atoms with Crippen molar-refractivity contribution < 1.29 is 14.6 Å².